The Hall–Kier alpha value is -1.55. The number of carbonyl (C=O) groups excluding carboxylic acids is 2. The monoisotopic (exact) mass is 268 g/mol. The molecule has 1 aromatic rings. The number of ether oxygens (including phenoxy) is 2. The molecule has 0 aromatic heterocycles. The van der Waals surface area contributed by atoms with Crippen LogP contribution in [0.25, 0.3) is 0 Å². The van der Waals surface area contributed by atoms with Gasteiger partial charge in [-0.1, -0.05) is 11.6 Å². The number of Topliss-reactive ketones (excluding diaryl/α,β-unsaturated/α-hetero) is 1. The summed E-state index contributed by atoms with van der Waals surface area (Å²) in [5.41, 5.74) is 0. The summed E-state index contributed by atoms with van der Waals surface area (Å²) in [4.78, 5) is 22.5. The zero-order valence-electron chi connectivity index (χ0n) is 9.73. The highest BCUT2D eigenvalue weighted by molar-refractivity contribution is 6.30. The van der Waals surface area contributed by atoms with Gasteiger partial charge in [-0.3, -0.25) is 4.79 Å². The van der Waals surface area contributed by atoms with Gasteiger partial charge in [-0.05, 0) is 37.1 Å². The van der Waals surface area contributed by atoms with Crippen molar-refractivity contribution in [3.05, 3.63) is 29.3 Å². The van der Waals surface area contributed by atoms with Crippen LogP contribution in [-0.2, 0) is 9.53 Å². The van der Waals surface area contributed by atoms with Gasteiger partial charge in [-0.2, -0.15) is 0 Å². The number of hydrogen-bond acceptors (Lipinski definition) is 4. The van der Waals surface area contributed by atoms with Crippen molar-refractivity contribution in [2.24, 2.45) is 0 Å². The third-order valence-electron chi connectivity index (χ3n) is 2.77. The first kappa shape index (κ1) is 12.9. The molecule has 1 saturated carbocycles. The molecule has 1 fully saturated rings. The maximum Gasteiger partial charge on any atom is 0.514 e. The predicted octanol–water partition coefficient (Wildman–Crippen LogP) is 3.37. The molecule has 0 atom stereocenters. The van der Waals surface area contributed by atoms with Gasteiger partial charge < -0.3 is 9.47 Å². The standard InChI is InChI=1S/C13H13ClO4/c14-9-1-5-11(6-2-9)17-13(16)18-12-7-3-10(15)4-8-12/h1-2,5-6,12H,3-4,7-8H2. The van der Waals surface area contributed by atoms with Crippen molar-refractivity contribution in [1.82, 2.24) is 0 Å². The lowest BCUT2D eigenvalue weighted by molar-refractivity contribution is -0.122. The lowest BCUT2D eigenvalue weighted by Crippen LogP contribution is -2.25. The van der Waals surface area contributed by atoms with Crippen LogP contribution in [0.4, 0.5) is 4.79 Å². The molecule has 0 saturated heterocycles. The summed E-state index contributed by atoms with van der Waals surface area (Å²) in [6.45, 7) is 0. The Labute approximate surface area is 110 Å². The number of ketones is 1. The first-order valence-corrected chi connectivity index (χ1v) is 6.17. The van der Waals surface area contributed by atoms with Gasteiger partial charge in [-0.15, -0.1) is 0 Å². The van der Waals surface area contributed by atoms with E-state index >= 15 is 0 Å². The normalized spacial score (nSPS) is 16.4. The van der Waals surface area contributed by atoms with Crippen LogP contribution < -0.4 is 4.74 Å². The maximum atomic E-state index is 11.5. The summed E-state index contributed by atoms with van der Waals surface area (Å²) >= 11 is 5.71. The van der Waals surface area contributed by atoms with E-state index < -0.39 is 6.16 Å². The van der Waals surface area contributed by atoms with Crippen LogP contribution in [0, 0.1) is 0 Å². The molecule has 0 heterocycles. The minimum Gasteiger partial charge on any atom is -0.431 e. The lowest BCUT2D eigenvalue weighted by Gasteiger charge is -2.20. The zero-order chi connectivity index (χ0) is 13.0. The summed E-state index contributed by atoms with van der Waals surface area (Å²) in [7, 11) is 0. The first-order valence-electron chi connectivity index (χ1n) is 5.79. The molecule has 96 valence electrons. The molecule has 5 heteroatoms. The quantitative estimate of drug-likeness (QED) is 0.610. The molecule has 0 aliphatic heterocycles. The van der Waals surface area contributed by atoms with Crippen LogP contribution in [0.15, 0.2) is 24.3 Å². The molecule has 1 aliphatic carbocycles. The van der Waals surface area contributed by atoms with Crippen LogP contribution in [0.5, 0.6) is 5.75 Å². The molecule has 2 rings (SSSR count). The Morgan fingerprint density at radius 1 is 1.17 bits per heavy atom. The summed E-state index contributed by atoms with van der Waals surface area (Å²) in [5, 5.41) is 0.571. The van der Waals surface area contributed by atoms with Crippen molar-refractivity contribution in [2.45, 2.75) is 31.8 Å². The second kappa shape index (κ2) is 5.87. The second-order valence-corrected chi connectivity index (χ2v) is 4.60. The van der Waals surface area contributed by atoms with E-state index in [1.54, 1.807) is 24.3 Å². The van der Waals surface area contributed by atoms with Crippen molar-refractivity contribution in [2.75, 3.05) is 0 Å². The number of halogens is 1. The fourth-order valence-corrected chi connectivity index (χ4v) is 1.92. The zero-order valence-corrected chi connectivity index (χ0v) is 10.5. The highest BCUT2D eigenvalue weighted by Gasteiger charge is 2.22. The van der Waals surface area contributed by atoms with Crippen molar-refractivity contribution in [3.8, 4) is 5.75 Å². The second-order valence-electron chi connectivity index (χ2n) is 4.16. The van der Waals surface area contributed by atoms with Gasteiger partial charge in [0.25, 0.3) is 0 Å². The molecule has 0 amide bonds. The third-order valence-corrected chi connectivity index (χ3v) is 3.02. The van der Waals surface area contributed by atoms with E-state index in [1.165, 1.54) is 0 Å². The maximum absolute atomic E-state index is 11.5. The number of hydrogen-bond donors (Lipinski definition) is 0. The van der Waals surface area contributed by atoms with E-state index in [0.717, 1.165) is 0 Å². The highest BCUT2D eigenvalue weighted by Crippen LogP contribution is 2.20. The smallest absolute Gasteiger partial charge is 0.431 e. The SMILES string of the molecule is O=C1CCC(OC(=O)Oc2ccc(Cl)cc2)CC1. The van der Waals surface area contributed by atoms with Gasteiger partial charge in [0.15, 0.2) is 0 Å². The first-order chi connectivity index (χ1) is 8.63. The number of carbonyl (C=O) groups is 2. The van der Waals surface area contributed by atoms with E-state index in [2.05, 4.69) is 0 Å². The van der Waals surface area contributed by atoms with Crippen LogP contribution in [0.1, 0.15) is 25.7 Å². The number of benzene rings is 1. The minimum absolute atomic E-state index is 0.220. The van der Waals surface area contributed by atoms with E-state index in [1.807, 2.05) is 0 Å². The average molecular weight is 269 g/mol. The summed E-state index contributed by atoms with van der Waals surface area (Å²) in [6.07, 6.45) is 1.14. The van der Waals surface area contributed by atoms with Gasteiger partial charge in [-0.25, -0.2) is 4.79 Å². The largest absolute Gasteiger partial charge is 0.514 e. The molecular weight excluding hydrogens is 256 g/mol. The fraction of sp³-hybridized carbons (Fsp3) is 0.385. The summed E-state index contributed by atoms with van der Waals surface area (Å²) < 4.78 is 10.1. The third kappa shape index (κ3) is 3.74. The Kier molecular flexibility index (Phi) is 4.20. The van der Waals surface area contributed by atoms with Gasteiger partial charge in [0.1, 0.15) is 17.6 Å². The number of rotatable bonds is 2. The Morgan fingerprint density at radius 2 is 1.78 bits per heavy atom. The molecule has 0 unspecified atom stereocenters. The molecule has 1 aromatic carbocycles. The molecule has 0 bridgehead atoms. The van der Waals surface area contributed by atoms with Gasteiger partial charge in [0.2, 0.25) is 0 Å². The van der Waals surface area contributed by atoms with Crippen LogP contribution in [0.3, 0.4) is 0 Å². The molecular formula is C13H13ClO4. The van der Waals surface area contributed by atoms with Crippen LogP contribution in [0.2, 0.25) is 5.02 Å². The van der Waals surface area contributed by atoms with Crippen LogP contribution >= 0.6 is 11.6 Å². The molecule has 0 N–H and O–H groups in total. The topological polar surface area (TPSA) is 52.6 Å². The highest BCUT2D eigenvalue weighted by atomic mass is 35.5. The van der Waals surface area contributed by atoms with Gasteiger partial charge in [0.05, 0.1) is 0 Å². The molecule has 0 radical (unpaired) electrons. The minimum atomic E-state index is -0.739. The molecule has 1 aliphatic rings. The predicted molar refractivity (Wildman–Crippen MR) is 65.8 cm³/mol. The molecule has 4 nitrogen and oxygen atoms in total. The summed E-state index contributed by atoms with van der Waals surface area (Å²) in [6, 6.07) is 6.44. The van der Waals surface area contributed by atoms with Crippen LogP contribution in [-0.4, -0.2) is 18.0 Å². The van der Waals surface area contributed by atoms with Crippen molar-refractivity contribution < 1.29 is 19.1 Å². The Morgan fingerprint density at radius 3 is 2.39 bits per heavy atom. The van der Waals surface area contributed by atoms with E-state index in [9.17, 15) is 9.59 Å². The van der Waals surface area contributed by atoms with E-state index in [0.29, 0.717) is 36.5 Å². The Balaban J connectivity index is 1.81. The average Bonchev–Trinajstić information content (AvgIpc) is 2.35. The van der Waals surface area contributed by atoms with Crippen molar-refractivity contribution in [1.29, 1.82) is 0 Å². The summed E-state index contributed by atoms with van der Waals surface area (Å²) in [5.74, 6) is 0.609. The van der Waals surface area contributed by atoms with Crippen molar-refractivity contribution >= 4 is 23.5 Å². The molecule has 18 heavy (non-hydrogen) atoms. The van der Waals surface area contributed by atoms with Gasteiger partial charge >= 0.3 is 6.16 Å². The van der Waals surface area contributed by atoms with E-state index in [4.69, 9.17) is 21.1 Å². The van der Waals surface area contributed by atoms with E-state index in [-0.39, 0.29) is 11.9 Å². The van der Waals surface area contributed by atoms with Gasteiger partial charge in [0, 0.05) is 17.9 Å². The Bertz CT molecular complexity index is 431. The lowest BCUT2D eigenvalue weighted by atomic mass is 9.97. The molecule has 0 spiro atoms. The van der Waals surface area contributed by atoms with Crippen molar-refractivity contribution in [3.63, 3.8) is 0 Å². The fourth-order valence-electron chi connectivity index (χ4n) is 1.79.